The molecule has 3 heterocycles. The number of fused-ring (bicyclic) bond motifs is 2. The predicted molar refractivity (Wildman–Crippen MR) is 110 cm³/mol. The van der Waals surface area contributed by atoms with Gasteiger partial charge in [-0.25, -0.2) is 9.97 Å². The highest BCUT2D eigenvalue weighted by Crippen LogP contribution is 2.45. The zero-order valence-electron chi connectivity index (χ0n) is 14.6. The smallest absolute Gasteiger partial charge is 0.144 e. The number of nitrogens with one attached hydrogen (secondary N) is 1. The Kier molecular flexibility index (Phi) is 3.16. The molecule has 1 N–H and O–H groups in total. The number of rotatable bonds is 3. The molecule has 0 saturated heterocycles. The highest BCUT2D eigenvalue weighted by molar-refractivity contribution is 7.21. The first-order valence-electron chi connectivity index (χ1n) is 9.19. The predicted octanol–water partition coefficient (Wildman–Crippen LogP) is 4.82. The van der Waals surface area contributed by atoms with Gasteiger partial charge >= 0.3 is 0 Å². The highest BCUT2D eigenvalue weighted by Gasteiger charge is 2.39. The molecule has 0 spiro atoms. The molecule has 1 aliphatic carbocycles. The van der Waals surface area contributed by atoms with Crippen LogP contribution in [-0.4, -0.2) is 9.97 Å². The van der Waals surface area contributed by atoms with Gasteiger partial charge in [0.2, 0.25) is 0 Å². The van der Waals surface area contributed by atoms with E-state index in [9.17, 15) is 0 Å². The van der Waals surface area contributed by atoms with Gasteiger partial charge < -0.3 is 5.32 Å². The van der Waals surface area contributed by atoms with E-state index in [0.717, 1.165) is 34.1 Å². The van der Waals surface area contributed by atoms with Crippen molar-refractivity contribution in [3.63, 3.8) is 0 Å². The molecule has 4 aromatic rings. The highest BCUT2D eigenvalue weighted by atomic mass is 32.1. The van der Waals surface area contributed by atoms with Gasteiger partial charge in [0.15, 0.2) is 0 Å². The Balaban J connectivity index is 1.42. The van der Waals surface area contributed by atoms with Gasteiger partial charge in [0, 0.05) is 18.7 Å². The molecule has 0 radical (unpaired) electrons. The maximum atomic E-state index is 4.99. The Bertz CT molecular complexity index is 1200. The van der Waals surface area contributed by atoms with Crippen molar-refractivity contribution in [1.29, 1.82) is 0 Å². The van der Waals surface area contributed by atoms with E-state index in [1.807, 2.05) is 0 Å². The van der Waals surface area contributed by atoms with Crippen LogP contribution in [0.3, 0.4) is 0 Å². The molecule has 27 heavy (non-hydrogen) atoms. The fourth-order valence-electron chi connectivity index (χ4n) is 3.91. The topological polar surface area (TPSA) is 37.8 Å². The van der Waals surface area contributed by atoms with Crippen molar-refractivity contribution >= 4 is 21.7 Å². The van der Waals surface area contributed by atoms with E-state index in [1.54, 1.807) is 11.3 Å². The van der Waals surface area contributed by atoms with Gasteiger partial charge in [-0.15, -0.1) is 0 Å². The summed E-state index contributed by atoms with van der Waals surface area (Å²) in [5.74, 6) is 0. The van der Waals surface area contributed by atoms with Crippen LogP contribution in [0.1, 0.15) is 22.4 Å². The van der Waals surface area contributed by atoms with Crippen LogP contribution in [0.25, 0.3) is 20.9 Å². The zero-order valence-corrected chi connectivity index (χ0v) is 15.5. The summed E-state index contributed by atoms with van der Waals surface area (Å²) in [5.41, 5.74) is 7.14. The van der Waals surface area contributed by atoms with Gasteiger partial charge in [-0.2, -0.15) is 0 Å². The molecule has 0 fully saturated rings. The van der Waals surface area contributed by atoms with Crippen LogP contribution in [0.2, 0.25) is 0 Å². The van der Waals surface area contributed by atoms with E-state index >= 15 is 0 Å². The molecular weight excluding hydrogens is 350 g/mol. The Morgan fingerprint density at radius 3 is 2.56 bits per heavy atom. The summed E-state index contributed by atoms with van der Waals surface area (Å²) in [4.78, 5) is 10.8. The second kappa shape index (κ2) is 5.59. The number of nitrogens with zero attached hydrogens (tertiary/aromatic N) is 2. The molecule has 6 rings (SSSR count). The number of pyridine rings is 1. The van der Waals surface area contributed by atoms with Gasteiger partial charge in [0.1, 0.15) is 15.4 Å². The van der Waals surface area contributed by atoms with Crippen LogP contribution < -0.4 is 5.32 Å². The molecule has 2 aromatic carbocycles. The standard InChI is InChI=1S/C23H17N3S/c1-2-4-18(5-3-1)23(10-11-23)20-9-8-19-22(26-20)27-21(25-19)15-6-7-16-13-24-14-17(16)12-15/h1-12,24H,13-14H2. The van der Waals surface area contributed by atoms with E-state index in [1.165, 1.54) is 22.3 Å². The fourth-order valence-corrected chi connectivity index (χ4v) is 4.84. The van der Waals surface area contributed by atoms with Crippen LogP contribution in [0.4, 0.5) is 0 Å². The Morgan fingerprint density at radius 1 is 0.852 bits per heavy atom. The van der Waals surface area contributed by atoms with Crippen molar-refractivity contribution in [2.75, 3.05) is 0 Å². The number of benzene rings is 2. The van der Waals surface area contributed by atoms with Gasteiger partial charge in [0.25, 0.3) is 0 Å². The number of aromatic nitrogens is 2. The van der Waals surface area contributed by atoms with E-state index in [2.05, 4.69) is 78.1 Å². The molecule has 2 aliphatic rings. The fraction of sp³-hybridized carbons (Fsp3) is 0.130. The molecule has 0 amide bonds. The van der Waals surface area contributed by atoms with Crippen molar-refractivity contribution < 1.29 is 0 Å². The SMILES string of the molecule is C1=CC1(c1ccccc1)c1ccc2nc(-c3ccc4c(c3)CNC4)sc2n1. The summed E-state index contributed by atoms with van der Waals surface area (Å²) in [6.45, 7) is 1.91. The lowest BCUT2D eigenvalue weighted by Gasteiger charge is -2.15. The second-order valence-corrected chi connectivity index (χ2v) is 8.17. The van der Waals surface area contributed by atoms with E-state index in [0.29, 0.717) is 0 Å². The molecule has 0 bridgehead atoms. The molecule has 0 unspecified atom stereocenters. The summed E-state index contributed by atoms with van der Waals surface area (Å²) >= 11 is 1.68. The van der Waals surface area contributed by atoms with Crippen LogP contribution >= 0.6 is 11.3 Å². The summed E-state index contributed by atoms with van der Waals surface area (Å²) in [5, 5.41) is 4.45. The normalized spacial score (nSPS) is 16.6. The summed E-state index contributed by atoms with van der Waals surface area (Å²) in [6, 6.07) is 21.5. The summed E-state index contributed by atoms with van der Waals surface area (Å²) in [6.07, 6.45) is 4.46. The number of allylic oxidation sites excluding steroid dienone is 2. The van der Waals surface area contributed by atoms with Gasteiger partial charge in [-0.05, 0) is 34.9 Å². The van der Waals surface area contributed by atoms with E-state index < -0.39 is 0 Å². The molecule has 0 atom stereocenters. The first-order valence-corrected chi connectivity index (χ1v) is 10.0. The molecule has 4 heteroatoms. The Labute approximate surface area is 161 Å². The average Bonchev–Trinajstić information content (AvgIpc) is 3.20. The molecule has 1 aliphatic heterocycles. The zero-order chi connectivity index (χ0) is 17.8. The number of hydrogen-bond donors (Lipinski definition) is 1. The Morgan fingerprint density at radius 2 is 1.70 bits per heavy atom. The first kappa shape index (κ1) is 15.3. The monoisotopic (exact) mass is 367 g/mol. The number of hydrogen-bond acceptors (Lipinski definition) is 4. The quantitative estimate of drug-likeness (QED) is 0.528. The summed E-state index contributed by atoms with van der Waals surface area (Å²) < 4.78 is 0. The van der Waals surface area contributed by atoms with Gasteiger partial charge in [-0.3, -0.25) is 0 Å². The van der Waals surface area contributed by atoms with E-state index in [-0.39, 0.29) is 5.41 Å². The summed E-state index contributed by atoms with van der Waals surface area (Å²) in [7, 11) is 0. The maximum absolute atomic E-state index is 4.99. The largest absolute Gasteiger partial charge is 0.309 e. The molecule has 0 saturated carbocycles. The minimum absolute atomic E-state index is 0.140. The lowest BCUT2D eigenvalue weighted by molar-refractivity contribution is 0.765. The van der Waals surface area contributed by atoms with Gasteiger partial charge in [-0.1, -0.05) is 66.0 Å². The van der Waals surface area contributed by atoms with Crippen LogP contribution in [-0.2, 0) is 18.5 Å². The van der Waals surface area contributed by atoms with Crippen LogP contribution in [0.5, 0.6) is 0 Å². The number of thiazole rings is 1. The molecule has 2 aromatic heterocycles. The van der Waals surface area contributed by atoms with Crippen molar-refractivity contribution in [1.82, 2.24) is 15.3 Å². The molecular formula is C23H17N3S. The minimum atomic E-state index is -0.140. The average molecular weight is 367 g/mol. The molecule has 3 nitrogen and oxygen atoms in total. The van der Waals surface area contributed by atoms with Gasteiger partial charge in [0.05, 0.1) is 11.1 Å². The lowest BCUT2D eigenvalue weighted by Crippen LogP contribution is -2.12. The van der Waals surface area contributed by atoms with Crippen molar-refractivity contribution in [3.05, 3.63) is 95.2 Å². The van der Waals surface area contributed by atoms with Crippen molar-refractivity contribution in [2.24, 2.45) is 0 Å². The van der Waals surface area contributed by atoms with E-state index in [4.69, 9.17) is 9.97 Å². The second-order valence-electron chi connectivity index (χ2n) is 7.20. The van der Waals surface area contributed by atoms with Crippen molar-refractivity contribution in [3.8, 4) is 10.6 Å². The third kappa shape index (κ3) is 2.37. The lowest BCUT2D eigenvalue weighted by atomic mass is 9.89. The first-order chi connectivity index (χ1) is 13.3. The molecule has 130 valence electrons. The van der Waals surface area contributed by atoms with Crippen LogP contribution in [0, 0.1) is 0 Å². The third-order valence-electron chi connectivity index (χ3n) is 5.51. The maximum Gasteiger partial charge on any atom is 0.144 e. The van der Waals surface area contributed by atoms with Crippen LogP contribution in [0.15, 0.2) is 72.8 Å². The third-order valence-corrected chi connectivity index (χ3v) is 6.53. The minimum Gasteiger partial charge on any atom is -0.309 e. The van der Waals surface area contributed by atoms with Crippen molar-refractivity contribution in [2.45, 2.75) is 18.5 Å². The Hall–Kier alpha value is -2.82.